The van der Waals surface area contributed by atoms with Gasteiger partial charge >= 0.3 is 0 Å². The largest absolute Gasteiger partial charge is 0.507 e. The Morgan fingerprint density at radius 2 is 1.74 bits per heavy atom. The summed E-state index contributed by atoms with van der Waals surface area (Å²) in [5, 5.41) is 10.8. The van der Waals surface area contributed by atoms with E-state index in [0.717, 1.165) is 11.4 Å². The van der Waals surface area contributed by atoms with E-state index in [9.17, 15) is 9.90 Å². The highest BCUT2D eigenvalue weighted by atomic mass is 16.5. The van der Waals surface area contributed by atoms with Crippen LogP contribution in [0.5, 0.6) is 23.0 Å². The standard InChI is InChI=1S/C25H23NO5/c1-26(14-17-7-4-3-5-8-17)15-21-22(27)12-11-20-24(28)23(16-30-25(20)21)31-19-10-6-9-18(13-19)29-2/h3-13,16,27H,14-15H2,1-2H3/p+1. The average molecular weight is 418 g/mol. The number of benzene rings is 3. The van der Waals surface area contributed by atoms with E-state index in [2.05, 4.69) is 12.1 Å². The molecule has 158 valence electrons. The van der Waals surface area contributed by atoms with Gasteiger partial charge < -0.3 is 23.9 Å². The summed E-state index contributed by atoms with van der Waals surface area (Å²) in [6.45, 7) is 1.27. The molecule has 0 bridgehead atoms. The molecule has 6 nitrogen and oxygen atoms in total. The second-order valence-corrected chi connectivity index (χ2v) is 7.45. The lowest BCUT2D eigenvalue weighted by atomic mass is 10.1. The first-order chi connectivity index (χ1) is 15.0. The number of aromatic hydroxyl groups is 1. The molecule has 0 radical (unpaired) electrons. The third kappa shape index (κ3) is 4.54. The Morgan fingerprint density at radius 1 is 0.968 bits per heavy atom. The zero-order valence-electron chi connectivity index (χ0n) is 17.4. The molecule has 1 aromatic heterocycles. The van der Waals surface area contributed by atoms with Gasteiger partial charge in [0.15, 0.2) is 5.58 Å². The van der Waals surface area contributed by atoms with Crippen LogP contribution in [-0.2, 0) is 13.1 Å². The molecule has 3 aromatic carbocycles. The highest BCUT2D eigenvalue weighted by Crippen LogP contribution is 2.29. The summed E-state index contributed by atoms with van der Waals surface area (Å²) < 4.78 is 16.7. The number of rotatable bonds is 7. The molecule has 0 saturated heterocycles. The van der Waals surface area contributed by atoms with Crippen LogP contribution in [-0.4, -0.2) is 19.3 Å². The van der Waals surface area contributed by atoms with E-state index in [4.69, 9.17) is 13.9 Å². The molecule has 31 heavy (non-hydrogen) atoms. The zero-order valence-corrected chi connectivity index (χ0v) is 17.4. The van der Waals surface area contributed by atoms with Gasteiger partial charge in [0.05, 0.1) is 25.1 Å². The van der Waals surface area contributed by atoms with Crippen molar-refractivity contribution < 1.29 is 23.9 Å². The van der Waals surface area contributed by atoms with Gasteiger partial charge in [0.1, 0.15) is 36.6 Å². The second kappa shape index (κ2) is 8.93. The second-order valence-electron chi connectivity index (χ2n) is 7.45. The van der Waals surface area contributed by atoms with Gasteiger partial charge in [-0.3, -0.25) is 4.79 Å². The molecule has 0 saturated carbocycles. The van der Waals surface area contributed by atoms with Crippen LogP contribution in [0.3, 0.4) is 0 Å². The van der Waals surface area contributed by atoms with Crippen molar-refractivity contribution in [1.29, 1.82) is 0 Å². The quantitative estimate of drug-likeness (QED) is 0.481. The number of phenolic OH excluding ortho intramolecular Hbond substituents is 1. The Balaban J connectivity index is 1.64. The van der Waals surface area contributed by atoms with Crippen LogP contribution in [0.1, 0.15) is 11.1 Å². The summed E-state index contributed by atoms with van der Waals surface area (Å²) >= 11 is 0. The predicted octanol–water partition coefficient (Wildman–Crippen LogP) is 3.51. The van der Waals surface area contributed by atoms with Gasteiger partial charge in [-0.05, 0) is 24.3 Å². The molecule has 0 amide bonds. The maximum Gasteiger partial charge on any atom is 0.235 e. The van der Waals surface area contributed by atoms with Crippen molar-refractivity contribution in [1.82, 2.24) is 0 Å². The molecular formula is C25H24NO5+. The minimum absolute atomic E-state index is 0.0716. The minimum Gasteiger partial charge on any atom is -0.507 e. The Kier molecular flexibility index (Phi) is 5.91. The van der Waals surface area contributed by atoms with Crippen molar-refractivity contribution in [3.05, 3.63) is 94.3 Å². The summed E-state index contributed by atoms with van der Waals surface area (Å²) in [7, 11) is 3.60. The first-order valence-electron chi connectivity index (χ1n) is 9.98. The van der Waals surface area contributed by atoms with E-state index in [1.807, 2.05) is 25.2 Å². The zero-order chi connectivity index (χ0) is 21.8. The SMILES string of the molecule is COc1cccc(Oc2coc3c(C[NH+](C)Cc4ccccc4)c(O)ccc3c2=O)c1. The fraction of sp³-hybridized carbons (Fsp3) is 0.160. The number of quaternary nitrogens is 1. The first kappa shape index (κ1) is 20.5. The lowest BCUT2D eigenvalue weighted by Crippen LogP contribution is -3.06. The smallest absolute Gasteiger partial charge is 0.235 e. The summed E-state index contributed by atoms with van der Waals surface area (Å²) in [5.74, 6) is 1.27. The van der Waals surface area contributed by atoms with E-state index >= 15 is 0 Å². The van der Waals surface area contributed by atoms with Crippen LogP contribution in [0.15, 0.2) is 82.2 Å². The van der Waals surface area contributed by atoms with Crippen LogP contribution >= 0.6 is 0 Å². The Labute approximate surface area is 179 Å². The van der Waals surface area contributed by atoms with E-state index in [1.54, 1.807) is 37.4 Å². The van der Waals surface area contributed by atoms with Crippen molar-refractivity contribution in [2.75, 3.05) is 14.2 Å². The molecule has 4 aromatic rings. The first-order valence-corrected chi connectivity index (χ1v) is 9.98. The summed E-state index contributed by atoms with van der Waals surface area (Å²) in [4.78, 5) is 14.2. The van der Waals surface area contributed by atoms with Crippen LogP contribution in [0, 0.1) is 0 Å². The van der Waals surface area contributed by atoms with Gasteiger partial charge in [-0.15, -0.1) is 0 Å². The van der Waals surface area contributed by atoms with Crippen molar-refractivity contribution >= 4 is 11.0 Å². The summed E-state index contributed by atoms with van der Waals surface area (Å²) in [6, 6.07) is 20.2. The molecule has 0 fully saturated rings. The predicted molar refractivity (Wildman–Crippen MR) is 118 cm³/mol. The van der Waals surface area contributed by atoms with Gasteiger partial charge in [0.25, 0.3) is 0 Å². The molecule has 1 heterocycles. The van der Waals surface area contributed by atoms with E-state index < -0.39 is 0 Å². The van der Waals surface area contributed by atoms with Crippen molar-refractivity contribution in [3.63, 3.8) is 0 Å². The maximum absolute atomic E-state index is 13.0. The molecule has 4 rings (SSSR count). The monoisotopic (exact) mass is 418 g/mol. The maximum atomic E-state index is 13.0. The van der Waals surface area contributed by atoms with Crippen molar-refractivity contribution in [3.8, 4) is 23.0 Å². The van der Waals surface area contributed by atoms with Crippen LogP contribution in [0.4, 0.5) is 0 Å². The van der Waals surface area contributed by atoms with Crippen molar-refractivity contribution in [2.45, 2.75) is 13.1 Å². The third-order valence-corrected chi connectivity index (χ3v) is 5.08. The number of ether oxygens (including phenoxy) is 2. The highest BCUT2D eigenvalue weighted by Gasteiger charge is 2.18. The average Bonchev–Trinajstić information content (AvgIpc) is 2.78. The molecule has 0 aliphatic rings. The molecule has 6 heteroatoms. The number of methoxy groups -OCH3 is 1. The molecule has 0 aliphatic heterocycles. The van der Waals surface area contributed by atoms with E-state index in [1.165, 1.54) is 17.9 Å². The lowest BCUT2D eigenvalue weighted by Gasteiger charge is -2.16. The van der Waals surface area contributed by atoms with Gasteiger partial charge in [-0.25, -0.2) is 0 Å². The number of hydrogen-bond acceptors (Lipinski definition) is 5. The van der Waals surface area contributed by atoms with E-state index in [0.29, 0.717) is 34.6 Å². The van der Waals surface area contributed by atoms with Gasteiger partial charge in [-0.2, -0.15) is 0 Å². The normalized spacial score (nSPS) is 11.9. The Hall–Kier alpha value is -3.77. The Morgan fingerprint density at radius 3 is 2.52 bits per heavy atom. The van der Waals surface area contributed by atoms with E-state index in [-0.39, 0.29) is 16.9 Å². The molecule has 1 unspecified atom stereocenters. The lowest BCUT2D eigenvalue weighted by molar-refractivity contribution is -0.907. The van der Waals surface area contributed by atoms with Crippen LogP contribution in [0.2, 0.25) is 0 Å². The number of phenols is 1. The third-order valence-electron chi connectivity index (χ3n) is 5.08. The van der Waals surface area contributed by atoms with Gasteiger partial charge in [-0.1, -0.05) is 36.4 Å². The summed E-state index contributed by atoms with van der Waals surface area (Å²) in [6.07, 6.45) is 1.29. The Bertz CT molecular complexity index is 1250. The number of nitrogens with one attached hydrogen (secondary N) is 1. The summed E-state index contributed by atoms with van der Waals surface area (Å²) in [5.41, 5.74) is 1.85. The molecule has 2 N–H and O–H groups in total. The molecule has 0 aliphatic carbocycles. The molecule has 0 spiro atoms. The van der Waals surface area contributed by atoms with Crippen LogP contribution in [0.25, 0.3) is 11.0 Å². The number of fused-ring (bicyclic) bond motifs is 1. The highest BCUT2D eigenvalue weighted by molar-refractivity contribution is 5.82. The van der Waals surface area contributed by atoms with Gasteiger partial charge in [0, 0.05) is 11.6 Å². The van der Waals surface area contributed by atoms with Crippen LogP contribution < -0.4 is 19.8 Å². The molecular weight excluding hydrogens is 394 g/mol. The fourth-order valence-corrected chi connectivity index (χ4v) is 3.57. The number of hydrogen-bond donors (Lipinski definition) is 2. The fourth-order valence-electron chi connectivity index (χ4n) is 3.57. The van der Waals surface area contributed by atoms with Crippen molar-refractivity contribution in [2.24, 2.45) is 0 Å². The topological polar surface area (TPSA) is 73.3 Å². The van der Waals surface area contributed by atoms with Gasteiger partial charge in [0.2, 0.25) is 11.2 Å². The molecule has 1 atom stereocenters. The minimum atomic E-state index is -0.300.